The average Bonchev–Trinajstić information content (AvgIpc) is 3.02. The van der Waals surface area contributed by atoms with E-state index in [4.69, 9.17) is 0 Å². The van der Waals surface area contributed by atoms with Crippen LogP contribution >= 0.6 is 0 Å². The maximum absolute atomic E-state index is 13.8. The fourth-order valence-electron chi connectivity index (χ4n) is 4.60. The van der Waals surface area contributed by atoms with Gasteiger partial charge < -0.3 is 10.2 Å². The van der Waals surface area contributed by atoms with Crippen molar-refractivity contribution in [2.24, 2.45) is 0 Å². The molecule has 1 aliphatic heterocycles. The minimum absolute atomic E-state index is 0.0292. The fourth-order valence-corrected chi connectivity index (χ4v) is 4.60. The Kier molecular flexibility index (Phi) is 5.67. The van der Waals surface area contributed by atoms with Crippen LogP contribution in [0, 0.1) is 0 Å². The Bertz CT molecular complexity index is 856. The summed E-state index contributed by atoms with van der Waals surface area (Å²) in [4.78, 5) is 29.8. The van der Waals surface area contributed by atoms with Gasteiger partial charge in [-0.05, 0) is 30.2 Å². The molecule has 0 unspecified atom stereocenters. The third-order valence-electron chi connectivity index (χ3n) is 6.39. The molecule has 2 aliphatic rings. The first kappa shape index (κ1) is 19.6. The highest BCUT2D eigenvalue weighted by Gasteiger charge is 2.48. The zero-order valence-electron chi connectivity index (χ0n) is 17.1. The largest absolute Gasteiger partial charge is 0.354 e. The van der Waals surface area contributed by atoms with Crippen molar-refractivity contribution >= 4 is 11.8 Å². The Labute approximate surface area is 172 Å². The molecule has 0 spiro atoms. The number of carbonyl (C=O) groups excluding carboxylic acids is 2. The number of hydrogen-bond acceptors (Lipinski definition) is 3. The van der Waals surface area contributed by atoms with Gasteiger partial charge in [0.1, 0.15) is 5.54 Å². The van der Waals surface area contributed by atoms with Crippen LogP contribution in [-0.4, -0.2) is 60.4 Å². The standard InChI is InChI=1S/C24H29N3O2/c1-26(14-11-19-7-3-2-4-8-19)24(17-20-9-5-6-10-21(20)18-24)23(29)27-15-12-22(28)25-13-16-27/h2-10H,11-18H2,1H3,(H,25,28). The van der Waals surface area contributed by atoms with Gasteiger partial charge in [-0.25, -0.2) is 0 Å². The maximum atomic E-state index is 13.8. The van der Waals surface area contributed by atoms with Crippen LogP contribution in [0.3, 0.4) is 0 Å². The lowest BCUT2D eigenvalue weighted by Gasteiger charge is -2.41. The molecule has 1 N–H and O–H groups in total. The van der Waals surface area contributed by atoms with Crippen LogP contribution < -0.4 is 5.32 Å². The quantitative estimate of drug-likeness (QED) is 0.849. The van der Waals surface area contributed by atoms with Crippen LogP contribution in [0.4, 0.5) is 0 Å². The number of fused-ring (bicyclic) bond motifs is 1. The van der Waals surface area contributed by atoms with E-state index in [1.807, 2.05) is 11.0 Å². The van der Waals surface area contributed by atoms with E-state index in [1.54, 1.807) is 0 Å². The first-order chi connectivity index (χ1) is 14.1. The minimum Gasteiger partial charge on any atom is -0.354 e. The molecule has 1 heterocycles. The smallest absolute Gasteiger partial charge is 0.243 e. The number of rotatable bonds is 5. The van der Waals surface area contributed by atoms with E-state index in [0.717, 1.165) is 25.8 Å². The highest BCUT2D eigenvalue weighted by Crippen LogP contribution is 2.36. The van der Waals surface area contributed by atoms with Gasteiger partial charge in [0.15, 0.2) is 0 Å². The lowest BCUT2D eigenvalue weighted by molar-refractivity contribution is -0.143. The number of amides is 2. The van der Waals surface area contributed by atoms with Crippen LogP contribution in [0.15, 0.2) is 54.6 Å². The van der Waals surface area contributed by atoms with Crippen LogP contribution in [0.1, 0.15) is 23.1 Å². The summed E-state index contributed by atoms with van der Waals surface area (Å²) in [7, 11) is 2.08. The number of benzene rings is 2. The first-order valence-electron chi connectivity index (χ1n) is 10.5. The van der Waals surface area contributed by atoms with E-state index in [2.05, 4.69) is 65.8 Å². The molecule has 0 aromatic heterocycles. The van der Waals surface area contributed by atoms with E-state index in [0.29, 0.717) is 26.1 Å². The Morgan fingerprint density at radius 2 is 1.69 bits per heavy atom. The predicted molar refractivity (Wildman–Crippen MR) is 114 cm³/mol. The van der Waals surface area contributed by atoms with Crippen molar-refractivity contribution in [3.8, 4) is 0 Å². The second kappa shape index (κ2) is 8.37. The molecular weight excluding hydrogens is 362 g/mol. The fraction of sp³-hybridized carbons (Fsp3) is 0.417. The molecule has 0 saturated carbocycles. The summed E-state index contributed by atoms with van der Waals surface area (Å²) in [6.45, 7) is 2.42. The highest BCUT2D eigenvalue weighted by atomic mass is 16.2. The number of nitrogens with one attached hydrogen (secondary N) is 1. The number of hydrogen-bond donors (Lipinski definition) is 1. The van der Waals surface area contributed by atoms with Crippen molar-refractivity contribution in [3.05, 3.63) is 71.3 Å². The molecule has 0 radical (unpaired) electrons. The number of likely N-dealkylation sites (N-methyl/N-ethyl adjacent to an activating group) is 1. The Balaban J connectivity index is 1.58. The van der Waals surface area contributed by atoms with Gasteiger partial charge in [0, 0.05) is 45.4 Å². The van der Waals surface area contributed by atoms with Crippen molar-refractivity contribution < 1.29 is 9.59 Å². The summed E-state index contributed by atoms with van der Waals surface area (Å²) in [6.07, 6.45) is 2.74. The number of nitrogens with zero attached hydrogens (tertiary/aromatic N) is 2. The molecule has 5 heteroatoms. The van der Waals surface area contributed by atoms with Crippen molar-refractivity contribution in [2.45, 2.75) is 31.2 Å². The molecule has 2 amide bonds. The van der Waals surface area contributed by atoms with Crippen LogP contribution in [-0.2, 0) is 28.9 Å². The summed E-state index contributed by atoms with van der Waals surface area (Å²) in [5, 5.41) is 2.88. The SMILES string of the molecule is CN(CCc1ccccc1)C1(C(=O)N2CCNC(=O)CC2)Cc2ccccc2C1. The summed E-state index contributed by atoms with van der Waals surface area (Å²) < 4.78 is 0. The van der Waals surface area contributed by atoms with Gasteiger partial charge in [0.05, 0.1) is 0 Å². The molecule has 5 nitrogen and oxygen atoms in total. The van der Waals surface area contributed by atoms with Gasteiger partial charge >= 0.3 is 0 Å². The molecule has 0 atom stereocenters. The predicted octanol–water partition coefficient (Wildman–Crippen LogP) is 2.05. The van der Waals surface area contributed by atoms with E-state index in [9.17, 15) is 9.59 Å². The molecule has 29 heavy (non-hydrogen) atoms. The topological polar surface area (TPSA) is 52.7 Å². The normalized spacial score (nSPS) is 18.3. The number of carbonyl (C=O) groups is 2. The molecule has 2 aromatic carbocycles. The Hall–Kier alpha value is -2.66. The monoisotopic (exact) mass is 391 g/mol. The van der Waals surface area contributed by atoms with Gasteiger partial charge in [-0.15, -0.1) is 0 Å². The first-order valence-corrected chi connectivity index (χ1v) is 10.5. The average molecular weight is 392 g/mol. The molecular formula is C24H29N3O2. The van der Waals surface area contributed by atoms with Crippen LogP contribution in [0.2, 0.25) is 0 Å². The lowest BCUT2D eigenvalue weighted by Crippen LogP contribution is -2.60. The van der Waals surface area contributed by atoms with E-state index in [-0.39, 0.29) is 11.8 Å². The van der Waals surface area contributed by atoms with Gasteiger partial charge in [0.2, 0.25) is 11.8 Å². The third kappa shape index (κ3) is 4.06. The maximum Gasteiger partial charge on any atom is 0.243 e. The zero-order chi connectivity index (χ0) is 20.3. The molecule has 152 valence electrons. The van der Waals surface area contributed by atoms with Crippen molar-refractivity contribution in [1.29, 1.82) is 0 Å². The van der Waals surface area contributed by atoms with Gasteiger partial charge in [-0.1, -0.05) is 54.6 Å². The third-order valence-corrected chi connectivity index (χ3v) is 6.39. The summed E-state index contributed by atoms with van der Waals surface area (Å²) >= 11 is 0. The molecule has 0 bridgehead atoms. The van der Waals surface area contributed by atoms with Crippen LogP contribution in [0.25, 0.3) is 0 Å². The summed E-state index contributed by atoms with van der Waals surface area (Å²) in [6, 6.07) is 18.8. The zero-order valence-corrected chi connectivity index (χ0v) is 17.1. The van der Waals surface area contributed by atoms with E-state index in [1.165, 1.54) is 16.7 Å². The van der Waals surface area contributed by atoms with E-state index < -0.39 is 5.54 Å². The molecule has 1 saturated heterocycles. The molecule has 1 fully saturated rings. The van der Waals surface area contributed by atoms with Gasteiger partial charge in [-0.2, -0.15) is 0 Å². The second-order valence-corrected chi connectivity index (χ2v) is 8.20. The van der Waals surface area contributed by atoms with Gasteiger partial charge in [0.25, 0.3) is 0 Å². The van der Waals surface area contributed by atoms with Crippen molar-refractivity contribution in [3.63, 3.8) is 0 Å². The van der Waals surface area contributed by atoms with Gasteiger partial charge in [-0.3, -0.25) is 14.5 Å². The molecule has 4 rings (SSSR count). The Morgan fingerprint density at radius 1 is 1.03 bits per heavy atom. The molecule has 2 aromatic rings. The minimum atomic E-state index is -0.578. The van der Waals surface area contributed by atoms with Crippen molar-refractivity contribution in [2.75, 3.05) is 33.2 Å². The summed E-state index contributed by atoms with van der Waals surface area (Å²) in [5.41, 5.74) is 3.22. The highest BCUT2D eigenvalue weighted by molar-refractivity contribution is 5.89. The summed E-state index contributed by atoms with van der Waals surface area (Å²) in [5.74, 6) is 0.183. The van der Waals surface area contributed by atoms with Crippen molar-refractivity contribution in [1.82, 2.24) is 15.1 Å². The second-order valence-electron chi connectivity index (χ2n) is 8.20. The lowest BCUT2D eigenvalue weighted by atomic mass is 9.90. The van der Waals surface area contributed by atoms with E-state index >= 15 is 0 Å². The Morgan fingerprint density at radius 3 is 2.38 bits per heavy atom. The van der Waals surface area contributed by atoms with Crippen LogP contribution in [0.5, 0.6) is 0 Å². The molecule has 1 aliphatic carbocycles.